The van der Waals surface area contributed by atoms with E-state index in [4.69, 9.17) is 0 Å². The van der Waals surface area contributed by atoms with E-state index in [1.54, 1.807) is 18.2 Å². The number of anilines is 1. The maximum atomic E-state index is 13.6. The molecule has 2 heterocycles. The Morgan fingerprint density at radius 1 is 1.21 bits per heavy atom. The number of carbonyl (C=O) groups is 3. The van der Waals surface area contributed by atoms with Gasteiger partial charge in [-0.05, 0) is 42.2 Å². The number of amides is 2. The molecular formula is C21H19BrN2O4. The summed E-state index contributed by atoms with van der Waals surface area (Å²) < 4.78 is 0. The van der Waals surface area contributed by atoms with E-state index in [0.29, 0.717) is 30.6 Å². The first-order chi connectivity index (χ1) is 13.4. The number of fused-ring (bicyclic) bond motifs is 1. The first-order valence-corrected chi connectivity index (χ1v) is 9.97. The average Bonchev–Trinajstić information content (AvgIpc) is 3.24. The zero-order valence-corrected chi connectivity index (χ0v) is 16.6. The van der Waals surface area contributed by atoms with Crippen molar-refractivity contribution in [2.24, 2.45) is 5.41 Å². The molecule has 1 fully saturated rings. The van der Waals surface area contributed by atoms with Gasteiger partial charge in [0.2, 0.25) is 5.91 Å². The third-order valence-corrected chi connectivity index (χ3v) is 6.48. The number of likely N-dealkylation sites (tertiary alicyclic amines) is 1. The maximum absolute atomic E-state index is 13.6. The van der Waals surface area contributed by atoms with Crippen molar-refractivity contribution in [2.75, 3.05) is 18.4 Å². The zero-order chi connectivity index (χ0) is 19.9. The van der Waals surface area contributed by atoms with Gasteiger partial charge in [0.15, 0.2) is 5.78 Å². The number of hydrogen-bond donors (Lipinski definition) is 2. The van der Waals surface area contributed by atoms with Crippen molar-refractivity contribution < 1.29 is 19.5 Å². The minimum absolute atomic E-state index is 0.0815. The molecule has 4 rings (SSSR count). The maximum Gasteiger partial charge on any atom is 0.407 e. The molecule has 7 heteroatoms. The number of alkyl halides is 1. The van der Waals surface area contributed by atoms with E-state index in [9.17, 15) is 19.5 Å². The Hall–Kier alpha value is -2.67. The monoisotopic (exact) mass is 442 g/mol. The first-order valence-electron chi connectivity index (χ1n) is 9.05. The number of carboxylic acid groups (broad SMARTS) is 1. The molecule has 2 atom stereocenters. The molecule has 0 aromatic heterocycles. The van der Waals surface area contributed by atoms with Crippen LogP contribution in [0.15, 0.2) is 48.5 Å². The van der Waals surface area contributed by atoms with Gasteiger partial charge in [-0.15, -0.1) is 0 Å². The molecule has 144 valence electrons. The van der Waals surface area contributed by atoms with Crippen LogP contribution in [0.3, 0.4) is 0 Å². The summed E-state index contributed by atoms with van der Waals surface area (Å²) in [7, 11) is 0. The topological polar surface area (TPSA) is 86.7 Å². The summed E-state index contributed by atoms with van der Waals surface area (Å²) in [4.78, 5) is 37.8. The molecule has 2 amide bonds. The summed E-state index contributed by atoms with van der Waals surface area (Å²) in [6, 6.07) is 14.8. The average molecular weight is 443 g/mol. The Morgan fingerprint density at radius 3 is 2.64 bits per heavy atom. The Balaban J connectivity index is 1.70. The molecule has 2 aliphatic heterocycles. The van der Waals surface area contributed by atoms with Crippen molar-refractivity contribution in [3.05, 3.63) is 65.2 Å². The summed E-state index contributed by atoms with van der Waals surface area (Å²) in [5, 5.41) is 12.2. The molecule has 1 saturated heterocycles. The van der Waals surface area contributed by atoms with Gasteiger partial charge in [0.25, 0.3) is 0 Å². The molecule has 0 spiro atoms. The highest BCUT2D eigenvalue weighted by Gasteiger charge is 2.46. The molecule has 2 unspecified atom stereocenters. The zero-order valence-electron chi connectivity index (χ0n) is 15.0. The lowest BCUT2D eigenvalue weighted by molar-refractivity contribution is -0.115. The lowest BCUT2D eigenvalue weighted by Crippen LogP contribution is -2.38. The van der Waals surface area contributed by atoms with Crippen LogP contribution in [0.2, 0.25) is 0 Å². The number of halogens is 1. The molecule has 28 heavy (non-hydrogen) atoms. The second-order valence-electron chi connectivity index (χ2n) is 7.38. The van der Waals surface area contributed by atoms with Crippen LogP contribution in [0.4, 0.5) is 10.5 Å². The van der Waals surface area contributed by atoms with Gasteiger partial charge < -0.3 is 15.3 Å². The summed E-state index contributed by atoms with van der Waals surface area (Å²) >= 11 is 3.36. The van der Waals surface area contributed by atoms with Gasteiger partial charge in [-0.1, -0.05) is 46.3 Å². The number of ketones is 1. The Kier molecular flexibility index (Phi) is 4.71. The van der Waals surface area contributed by atoms with Crippen molar-refractivity contribution in [1.82, 2.24) is 4.90 Å². The lowest BCUT2D eigenvalue weighted by atomic mass is 9.74. The molecule has 0 bridgehead atoms. The van der Waals surface area contributed by atoms with Gasteiger partial charge in [0.1, 0.15) is 4.83 Å². The van der Waals surface area contributed by atoms with Crippen molar-refractivity contribution in [3.63, 3.8) is 0 Å². The molecule has 2 aromatic carbocycles. The summed E-state index contributed by atoms with van der Waals surface area (Å²) in [5.41, 5.74) is 2.12. The summed E-state index contributed by atoms with van der Waals surface area (Å²) in [5.74, 6) is -0.238. The van der Waals surface area contributed by atoms with Crippen LogP contribution in [0, 0.1) is 5.41 Å². The van der Waals surface area contributed by atoms with Crippen molar-refractivity contribution in [1.29, 1.82) is 0 Å². The van der Waals surface area contributed by atoms with Crippen LogP contribution in [0.5, 0.6) is 0 Å². The van der Waals surface area contributed by atoms with E-state index >= 15 is 0 Å². The fraction of sp³-hybridized carbons (Fsp3) is 0.286. The fourth-order valence-electron chi connectivity index (χ4n) is 4.10. The molecule has 2 N–H and O–H groups in total. The molecule has 2 aliphatic rings. The Morgan fingerprint density at radius 2 is 1.96 bits per heavy atom. The Labute approximate surface area is 170 Å². The highest BCUT2D eigenvalue weighted by atomic mass is 79.9. The Bertz CT molecular complexity index is 962. The minimum Gasteiger partial charge on any atom is -0.465 e. The second-order valence-corrected chi connectivity index (χ2v) is 8.30. The molecule has 6 nitrogen and oxygen atoms in total. The standard InChI is InChI=1S/C21H19BrN2O4/c22-17-15-10-14(6-7-16(15)23-19(17)26)18(25)21(8-9-24(12-21)20(27)28)11-13-4-2-1-3-5-13/h1-7,10,17H,8-9,11-12H2,(H,23,26)(H,27,28). The van der Waals surface area contributed by atoms with Crippen molar-refractivity contribution in [3.8, 4) is 0 Å². The number of nitrogens with one attached hydrogen (secondary N) is 1. The predicted molar refractivity (Wildman–Crippen MR) is 108 cm³/mol. The largest absolute Gasteiger partial charge is 0.465 e. The SMILES string of the molecule is O=C1Nc2ccc(C(=O)C3(Cc4ccccc4)CCN(C(=O)O)C3)cc2C1Br. The number of benzene rings is 2. The van der Waals surface area contributed by atoms with Crippen molar-refractivity contribution >= 4 is 39.4 Å². The summed E-state index contributed by atoms with van der Waals surface area (Å²) in [6.07, 6.45) is -0.0615. The molecule has 0 saturated carbocycles. The van der Waals surface area contributed by atoms with Crippen LogP contribution >= 0.6 is 15.9 Å². The van der Waals surface area contributed by atoms with E-state index in [0.717, 1.165) is 11.1 Å². The lowest BCUT2D eigenvalue weighted by Gasteiger charge is -2.28. The first kappa shape index (κ1) is 18.7. The van der Waals surface area contributed by atoms with Gasteiger partial charge in [-0.2, -0.15) is 0 Å². The van der Waals surface area contributed by atoms with Crippen LogP contribution in [0.1, 0.15) is 32.7 Å². The predicted octanol–water partition coefficient (Wildman–Crippen LogP) is 3.87. The number of nitrogens with zero attached hydrogens (tertiary/aromatic N) is 1. The number of Topliss-reactive ketones (excluding diaryl/α,β-unsaturated/α-hetero) is 1. The van der Waals surface area contributed by atoms with Gasteiger partial charge >= 0.3 is 6.09 Å². The molecule has 0 radical (unpaired) electrons. The summed E-state index contributed by atoms with van der Waals surface area (Å²) in [6.45, 7) is 0.502. The fourth-order valence-corrected chi connectivity index (χ4v) is 4.60. The van der Waals surface area contributed by atoms with Crippen LogP contribution < -0.4 is 5.32 Å². The third kappa shape index (κ3) is 3.20. The van der Waals surface area contributed by atoms with E-state index in [1.165, 1.54) is 4.90 Å². The number of hydrogen-bond acceptors (Lipinski definition) is 3. The number of carbonyl (C=O) groups excluding carboxylic acids is 2. The second kappa shape index (κ2) is 7.05. The highest BCUT2D eigenvalue weighted by Crippen LogP contribution is 2.41. The molecular weight excluding hydrogens is 424 g/mol. The van der Waals surface area contributed by atoms with Gasteiger partial charge in [0, 0.05) is 24.3 Å². The molecule has 2 aromatic rings. The number of rotatable bonds is 4. The van der Waals surface area contributed by atoms with E-state index in [-0.39, 0.29) is 18.2 Å². The minimum atomic E-state index is -1.01. The van der Waals surface area contributed by atoms with Crippen molar-refractivity contribution in [2.45, 2.75) is 17.7 Å². The normalized spacial score (nSPS) is 23.4. The van der Waals surface area contributed by atoms with Gasteiger partial charge in [0.05, 0.1) is 5.41 Å². The quantitative estimate of drug-likeness (QED) is 0.555. The molecule has 0 aliphatic carbocycles. The van der Waals surface area contributed by atoms with Crippen LogP contribution in [-0.4, -0.2) is 40.9 Å². The van der Waals surface area contributed by atoms with Crippen LogP contribution in [0.25, 0.3) is 0 Å². The van der Waals surface area contributed by atoms with E-state index in [1.807, 2.05) is 30.3 Å². The third-order valence-electron chi connectivity index (χ3n) is 5.57. The van der Waals surface area contributed by atoms with Crippen LogP contribution in [-0.2, 0) is 11.2 Å². The smallest absolute Gasteiger partial charge is 0.407 e. The van der Waals surface area contributed by atoms with Gasteiger partial charge in [-0.25, -0.2) is 4.79 Å². The highest BCUT2D eigenvalue weighted by molar-refractivity contribution is 9.09. The van der Waals surface area contributed by atoms with Gasteiger partial charge in [-0.3, -0.25) is 9.59 Å². The van der Waals surface area contributed by atoms with E-state index < -0.39 is 16.3 Å². The van der Waals surface area contributed by atoms with E-state index in [2.05, 4.69) is 21.2 Å².